The number of rotatable bonds is 6. The minimum atomic E-state index is -0.967. The Hall–Kier alpha value is -2.40. The van der Waals surface area contributed by atoms with Crippen LogP contribution >= 0.6 is 0 Å². The minimum absolute atomic E-state index is 0.0936. The SMILES string of the molecule is COCC(=O)N[C@@H](CC(=O)O)c1ccc2ccccc2c1. The summed E-state index contributed by atoms with van der Waals surface area (Å²) in [5.41, 5.74) is 0.764. The summed E-state index contributed by atoms with van der Waals surface area (Å²) >= 11 is 0. The number of methoxy groups -OCH3 is 1. The van der Waals surface area contributed by atoms with Crippen molar-refractivity contribution < 1.29 is 19.4 Å². The van der Waals surface area contributed by atoms with Gasteiger partial charge in [-0.15, -0.1) is 0 Å². The lowest BCUT2D eigenvalue weighted by Crippen LogP contribution is -2.32. The maximum Gasteiger partial charge on any atom is 0.305 e. The largest absolute Gasteiger partial charge is 0.481 e. The van der Waals surface area contributed by atoms with E-state index in [9.17, 15) is 9.59 Å². The van der Waals surface area contributed by atoms with Gasteiger partial charge in [0.05, 0.1) is 12.5 Å². The lowest BCUT2D eigenvalue weighted by atomic mass is 9.99. The number of amides is 1. The maximum absolute atomic E-state index is 11.6. The number of carbonyl (C=O) groups is 2. The number of fused-ring (bicyclic) bond motifs is 1. The van der Waals surface area contributed by atoms with E-state index in [4.69, 9.17) is 9.84 Å². The predicted molar refractivity (Wildman–Crippen MR) is 79.0 cm³/mol. The lowest BCUT2D eigenvalue weighted by molar-refractivity contribution is -0.137. The molecule has 0 aromatic heterocycles. The molecule has 5 heteroatoms. The van der Waals surface area contributed by atoms with E-state index < -0.39 is 12.0 Å². The van der Waals surface area contributed by atoms with Crippen LogP contribution < -0.4 is 5.32 Å². The second-order valence-electron chi connectivity index (χ2n) is 4.76. The van der Waals surface area contributed by atoms with Crippen molar-refractivity contribution in [2.45, 2.75) is 12.5 Å². The highest BCUT2D eigenvalue weighted by Crippen LogP contribution is 2.22. The van der Waals surface area contributed by atoms with Crippen molar-refractivity contribution in [2.24, 2.45) is 0 Å². The van der Waals surface area contributed by atoms with Crippen LogP contribution in [0.1, 0.15) is 18.0 Å². The average molecular weight is 287 g/mol. The fourth-order valence-electron chi connectivity index (χ4n) is 2.22. The van der Waals surface area contributed by atoms with Gasteiger partial charge < -0.3 is 15.2 Å². The van der Waals surface area contributed by atoms with E-state index in [1.165, 1.54) is 7.11 Å². The zero-order chi connectivity index (χ0) is 15.2. The number of ether oxygens (including phenoxy) is 1. The van der Waals surface area contributed by atoms with Gasteiger partial charge in [0.1, 0.15) is 6.61 Å². The average Bonchev–Trinajstić information content (AvgIpc) is 2.46. The third kappa shape index (κ3) is 4.03. The number of aliphatic carboxylic acids is 1. The first-order chi connectivity index (χ1) is 10.1. The van der Waals surface area contributed by atoms with E-state index >= 15 is 0 Å². The van der Waals surface area contributed by atoms with Gasteiger partial charge in [0, 0.05) is 7.11 Å². The van der Waals surface area contributed by atoms with E-state index in [1.807, 2.05) is 42.5 Å². The molecule has 0 aliphatic carbocycles. The molecule has 0 fully saturated rings. The summed E-state index contributed by atoms with van der Waals surface area (Å²) in [6, 6.07) is 12.9. The Morgan fingerprint density at radius 3 is 2.57 bits per heavy atom. The van der Waals surface area contributed by atoms with Crippen LogP contribution in [-0.4, -0.2) is 30.7 Å². The first-order valence-electron chi connectivity index (χ1n) is 6.59. The molecule has 0 bridgehead atoms. The topological polar surface area (TPSA) is 75.6 Å². The summed E-state index contributed by atoms with van der Waals surface area (Å²) in [7, 11) is 1.42. The Labute approximate surface area is 122 Å². The third-order valence-electron chi connectivity index (χ3n) is 3.17. The van der Waals surface area contributed by atoms with Crippen molar-refractivity contribution in [1.29, 1.82) is 0 Å². The Bertz CT molecular complexity index is 654. The van der Waals surface area contributed by atoms with Crippen molar-refractivity contribution in [3.8, 4) is 0 Å². The fraction of sp³-hybridized carbons (Fsp3) is 0.250. The Kier molecular flexibility index (Phi) is 4.90. The van der Waals surface area contributed by atoms with Crippen LogP contribution in [0.2, 0.25) is 0 Å². The zero-order valence-electron chi connectivity index (χ0n) is 11.7. The van der Waals surface area contributed by atoms with Gasteiger partial charge in [-0.05, 0) is 22.4 Å². The maximum atomic E-state index is 11.6. The Morgan fingerprint density at radius 2 is 1.90 bits per heavy atom. The van der Waals surface area contributed by atoms with Gasteiger partial charge in [0.15, 0.2) is 0 Å². The van der Waals surface area contributed by atoms with Gasteiger partial charge in [0.25, 0.3) is 0 Å². The molecule has 21 heavy (non-hydrogen) atoms. The smallest absolute Gasteiger partial charge is 0.305 e. The molecular weight excluding hydrogens is 270 g/mol. The highest BCUT2D eigenvalue weighted by molar-refractivity contribution is 5.84. The van der Waals surface area contributed by atoms with E-state index in [0.29, 0.717) is 0 Å². The molecule has 0 aliphatic heterocycles. The van der Waals surface area contributed by atoms with Gasteiger partial charge in [-0.2, -0.15) is 0 Å². The van der Waals surface area contributed by atoms with Crippen molar-refractivity contribution >= 4 is 22.6 Å². The summed E-state index contributed by atoms with van der Waals surface area (Å²) in [5.74, 6) is -1.30. The van der Waals surface area contributed by atoms with Crippen LogP contribution in [0.4, 0.5) is 0 Å². The van der Waals surface area contributed by atoms with Gasteiger partial charge in [-0.3, -0.25) is 9.59 Å². The van der Waals surface area contributed by atoms with Crippen LogP contribution in [-0.2, 0) is 14.3 Å². The second-order valence-corrected chi connectivity index (χ2v) is 4.76. The highest BCUT2D eigenvalue weighted by Gasteiger charge is 2.18. The fourth-order valence-corrected chi connectivity index (χ4v) is 2.22. The highest BCUT2D eigenvalue weighted by atomic mass is 16.5. The summed E-state index contributed by atoms with van der Waals surface area (Å²) in [6.07, 6.45) is -0.173. The number of benzene rings is 2. The number of carboxylic acid groups (broad SMARTS) is 1. The van der Waals surface area contributed by atoms with Crippen molar-refractivity contribution in [3.63, 3.8) is 0 Å². The predicted octanol–water partition coefficient (Wildman–Crippen LogP) is 2.12. The van der Waals surface area contributed by atoms with E-state index in [-0.39, 0.29) is 18.9 Å². The Balaban J connectivity index is 2.28. The van der Waals surface area contributed by atoms with Crippen LogP contribution in [0.3, 0.4) is 0 Å². The molecule has 110 valence electrons. The summed E-state index contributed by atoms with van der Waals surface area (Å²) in [6.45, 7) is -0.0936. The minimum Gasteiger partial charge on any atom is -0.481 e. The van der Waals surface area contributed by atoms with Crippen molar-refractivity contribution in [3.05, 3.63) is 48.0 Å². The van der Waals surface area contributed by atoms with E-state index in [1.54, 1.807) is 0 Å². The second kappa shape index (κ2) is 6.85. The molecule has 2 rings (SSSR count). The number of carboxylic acids is 1. The molecule has 0 unspecified atom stereocenters. The lowest BCUT2D eigenvalue weighted by Gasteiger charge is -2.18. The molecule has 0 spiro atoms. The normalized spacial score (nSPS) is 12.0. The summed E-state index contributed by atoms with van der Waals surface area (Å²) in [5, 5.41) is 13.8. The standard InChI is InChI=1S/C16H17NO4/c1-21-10-15(18)17-14(9-16(19)20)13-7-6-11-4-2-3-5-12(11)8-13/h2-8,14H,9-10H2,1H3,(H,17,18)(H,19,20)/t14-/m0/s1. The molecule has 2 aromatic rings. The number of carbonyl (C=O) groups excluding carboxylic acids is 1. The van der Waals surface area contributed by atoms with Crippen LogP contribution in [0.5, 0.6) is 0 Å². The number of hydrogen-bond donors (Lipinski definition) is 2. The van der Waals surface area contributed by atoms with Crippen LogP contribution in [0, 0.1) is 0 Å². The first-order valence-corrected chi connectivity index (χ1v) is 6.59. The van der Waals surface area contributed by atoms with E-state index in [2.05, 4.69) is 5.32 Å². The third-order valence-corrected chi connectivity index (χ3v) is 3.17. The molecule has 0 heterocycles. The van der Waals surface area contributed by atoms with Gasteiger partial charge in [-0.1, -0.05) is 36.4 Å². The monoisotopic (exact) mass is 287 g/mol. The van der Waals surface area contributed by atoms with Gasteiger partial charge in [0.2, 0.25) is 5.91 Å². The summed E-state index contributed by atoms with van der Waals surface area (Å²) < 4.78 is 4.76. The molecular formula is C16H17NO4. The Morgan fingerprint density at radius 1 is 1.19 bits per heavy atom. The molecule has 0 saturated heterocycles. The quantitative estimate of drug-likeness (QED) is 0.853. The molecule has 2 N–H and O–H groups in total. The van der Waals surface area contributed by atoms with Crippen molar-refractivity contribution in [1.82, 2.24) is 5.32 Å². The molecule has 0 radical (unpaired) electrons. The van der Waals surface area contributed by atoms with Gasteiger partial charge >= 0.3 is 5.97 Å². The number of nitrogens with one attached hydrogen (secondary N) is 1. The zero-order valence-corrected chi connectivity index (χ0v) is 11.7. The molecule has 0 aliphatic rings. The molecule has 1 amide bonds. The van der Waals surface area contributed by atoms with Crippen molar-refractivity contribution in [2.75, 3.05) is 13.7 Å². The molecule has 0 saturated carbocycles. The first kappa shape index (κ1) is 15.0. The van der Waals surface area contributed by atoms with Gasteiger partial charge in [-0.25, -0.2) is 0 Å². The molecule has 2 aromatic carbocycles. The van der Waals surface area contributed by atoms with Crippen LogP contribution in [0.15, 0.2) is 42.5 Å². The number of hydrogen-bond acceptors (Lipinski definition) is 3. The molecule has 1 atom stereocenters. The summed E-state index contributed by atoms with van der Waals surface area (Å²) in [4.78, 5) is 22.6. The van der Waals surface area contributed by atoms with E-state index in [0.717, 1.165) is 16.3 Å². The molecule has 5 nitrogen and oxygen atoms in total. The van der Waals surface area contributed by atoms with Crippen LogP contribution in [0.25, 0.3) is 10.8 Å².